The van der Waals surface area contributed by atoms with Gasteiger partial charge in [-0.3, -0.25) is 10.1 Å². The number of fused-ring (bicyclic) bond motifs is 1. The number of hydrogen-bond acceptors (Lipinski definition) is 3. The zero-order valence-corrected chi connectivity index (χ0v) is 14.5. The lowest BCUT2D eigenvalue weighted by Crippen LogP contribution is -2.66. The summed E-state index contributed by atoms with van der Waals surface area (Å²) in [5, 5.41) is 6.93. The highest BCUT2D eigenvalue weighted by Crippen LogP contribution is 2.47. The average Bonchev–Trinajstić information content (AvgIpc) is 2.61. The van der Waals surface area contributed by atoms with E-state index in [1.807, 2.05) is 30.3 Å². The predicted octanol–water partition coefficient (Wildman–Crippen LogP) is 3.48. The molecule has 0 aromatic heterocycles. The fourth-order valence-corrected chi connectivity index (χ4v) is 4.96. The topological polar surface area (TPSA) is 44.4 Å². The van der Waals surface area contributed by atoms with Crippen LogP contribution in [-0.2, 0) is 4.79 Å². The lowest BCUT2D eigenvalue weighted by molar-refractivity contribution is -0.115. The molecule has 2 bridgehead atoms. The van der Waals surface area contributed by atoms with E-state index in [1.165, 1.54) is 18.5 Å². The summed E-state index contributed by atoms with van der Waals surface area (Å²) in [6.45, 7) is 4.37. The van der Waals surface area contributed by atoms with Crippen molar-refractivity contribution in [1.29, 1.82) is 0 Å². The van der Waals surface area contributed by atoms with Crippen LogP contribution in [0.1, 0.15) is 45.4 Å². The fraction of sp³-hybridized carbons (Fsp3) is 0.550. The van der Waals surface area contributed by atoms with E-state index in [4.69, 9.17) is 0 Å². The molecule has 1 aliphatic carbocycles. The van der Waals surface area contributed by atoms with Crippen molar-refractivity contribution in [1.82, 2.24) is 10.2 Å². The maximum absolute atomic E-state index is 13.1. The maximum atomic E-state index is 13.1. The molecule has 2 fully saturated rings. The van der Waals surface area contributed by atoms with E-state index < -0.39 is 0 Å². The highest BCUT2D eigenvalue weighted by Gasteiger charge is 2.49. The number of anilines is 1. The Hall–Kier alpha value is -1.81. The Morgan fingerprint density at radius 2 is 2.17 bits per heavy atom. The zero-order chi connectivity index (χ0) is 16.6. The largest absolute Gasteiger partial charge is 0.356 e. The highest BCUT2D eigenvalue weighted by atomic mass is 16.1. The van der Waals surface area contributed by atoms with E-state index in [-0.39, 0.29) is 11.6 Å². The molecule has 2 atom stereocenters. The van der Waals surface area contributed by atoms with Crippen LogP contribution in [0.25, 0.3) is 0 Å². The molecular formula is C20H27N3O. The number of hydrogen-bond donors (Lipinski definition) is 2. The summed E-state index contributed by atoms with van der Waals surface area (Å²) in [6, 6.07) is 9.82. The Bertz CT molecular complexity index is 650. The van der Waals surface area contributed by atoms with Crippen molar-refractivity contribution in [3.63, 3.8) is 0 Å². The average molecular weight is 325 g/mol. The van der Waals surface area contributed by atoms with Gasteiger partial charge >= 0.3 is 0 Å². The van der Waals surface area contributed by atoms with Gasteiger partial charge in [-0.2, -0.15) is 0 Å². The van der Waals surface area contributed by atoms with Gasteiger partial charge in [-0.25, -0.2) is 0 Å². The van der Waals surface area contributed by atoms with E-state index >= 15 is 0 Å². The number of carbonyl (C=O) groups is 1. The standard InChI is InChI=1S/C20H27N3O/c1-2-17-18(19(24)22-16-9-4-3-5-10-16)15-8-6-11-20(14-15)21-12-7-13-23(17)20/h3-5,9-10,15,21H,2,6-8,11-14H2,1H3,(H,22,24)/t15-,20-/m1/s1. The Morgan fingerprint density at radius 1 is 1.33 bits per heavy atom. The quantitative estimate of drug-likeness (QED) is 0.894. The van der Waals surface area contributed by atoms with Crippen LogP contribution < -0.4 is 10.6 Å². The van der Waals surface area contributed by atoms with Crippen LogP contribution in [0.5, 0.6) is 0 Å². The van der Waals surface area contributed by atoms with Gasteiger partial charge in [0.15, 0.2) is 0 Å². The molecule has 4 heteroatoms. The molecule has 1 spiro atoms. The first-order valence-electron chi connectivity index (χ1n) is 9.35. The minimum Gasteiger partial charge on any atom is -0.356 e. The summed E-state index contributed by atoms with van der Waals surface area (Å²) in [7, 11) is 0. The summed E-state index contributed by atoms with van der Waals surface area (Å²) in [5.41, 5.74) is 3.31. The van der Waals surface area contributed by atoms with Crippen molar-refractivity contribution >= 4 is 11.6 Å². The van der Waals surface area contributed by atoms with E-state index in [0.29, 0.717) is 5.92 Å². The predicted molar refractivity (Wildman–Crippen MR) is 96.4 cm³/mol. The van der Waals surface area contributed by atoms with Crippen molar-refractivity contribution < 1.29 is 4.79 Å². The minimum atomic E-state index is 0.101. The van der Waals surface area contributed by atoms with Gasteiger partial charge in [0.25, 0.3) is 5.91 Å². The molecule has 128 valence electrons. The molecule has 2 aliphatic heterocycles. The molecule has 1 amide bonds. The first-order valence-corrected chi connectivity index (χ1v) is 9.35. The Labute approximate surface area is 144 Å². The fourth-order valence-electron chi connectivity index (χ4n) is 4.96. The van der Waals surface area contributed by atoms with Crippen molar-refractivity contribution in [3.8, 4) is 0 Å². The molecule has 3 aliphatic rings. The van der Waals surface area contributed by atoms with E-state index in [0.717, 1.165) is 50.0 Å². The first-order chi connectivity index (χ1) is 11.7. The number of benzene rings is 1. The Kier molecular flexibility index (Phi) is 4.09. The van der Waals surface area contributed by atoms with Crippen LogP contribution in [-0.4, -0.2) is 29.6 Å². The maximum Gasteiger partial charge on any atom is 0.253 e. The summed E-state index contributed by atoms with van der Waals surface area (Å²) in [5.74, 6) is 0.489. The summed E-state index contributed by atoms with van der Waals surface area (Å²) in [6.07, 6.45) is 6.71. The Balaban J connectivity index is 1.70. The molecule has 1 aromatic rings. The molecule has 2 heterocycles. The summed E-state index contributed by atoms with van der Waals surface area (Å²) < 4.78 is 0. The molecular weight excluding hydrogens is 298 g/mol. The van der Waals surface area contributed by atoms with Gasteiger partial charge in [-0.05, 0) is 63.1 Å². The van der Waals surface area contributed by atoms with E-state index in [2.05, 4.69) is 22.5 Å². The third-order valence-corrected chi connectivity index (χ3v) is 5.91. The smallest absolute Gasteiger partial charge is 0.253 e. The normalized spacial score (nSPS) is 29.2. The lowest BCUT2D eigenvalue weighted by atomic mass is 9.71. The second-order valence-corrected chi connectivity index (χ2v) is 7.29. The minimum absolute atomic E-state index is 0.101. The second-order valence-electron chi connectivity index (χ2n) is 7.29. The number of carbonyl (C=O) groups excluding carboxylic acids is 1. The molecule has 2 N–H and O–H groups in total. The zero-order valence-electron chi connectivity index (χ0n) is 14.5. The molecule has 0 unspecified atom stereocenters. The summed E-state index contributed by atoms with van der Waals surface area (Å²) in [4.78, 5) is 15.6. The van der Waals surface area contributed by atoms with Gasteiger partial charge in [-0.1, -0.05) is 25.1 Å². The molecule has 0 radical (unpaired) electrons. The number of nitrogens with one attached hydrogen (secondary N) is 2. The second kappa shape index (κ2) is 6.25. The SMILES string of the molecule is CCC1=C(C(=O)Nc2ccccc2)[C@@H]2CCC[C@@]3(C2)NCCCN13. The van der Waals surface area contributed by atoms with Crippen molar-refractivity contribution in [2.75, 3.05) is 18.4 Å². The van der Waals surface area contributed by atoms with Crippen LogP contribution in [0.4, 0.5) is 5.69 Å². The molecule has 1 saturated carbocycles. The van der Waals surface area contributed by atoms with Gasteiger partial charge in [0, 0.05) is 23.5 Å². The molecule has 1 saturated heterocycles. The third-order valence-electron chi connectivity index (χ3n) is 5.91. The van der Waals surface area contributed by atoms with Gasteiger partial charge in [0.1, 0.15) is 0 Å². The van der Waals surface area contributed by atoms with E-state index in [1.54, 1.807) is 0 Å². The van der Waals surface area contributed by atoms with Crippen molar-refractivity contribution in [3.05, 3.63) is 41.6 Å². The summed E-state index contributed by atoms with van der Waals surface area (Å²) >= 11 is 0. The molecule has 1 aromatic carbocycles. The van der Waals surface area contributed by atoms with Gasteiger partial charge in [-0.15, -0.1) is 0 Å². The lowest BCUT2D eigenvalue weighted by Gasteiger charge is -2.57. The van der Waals surface area contributed by atoms with Crippen molar-refractivity contribution in [2.24, 2.45) is 5.92 Å². The van der Waals surface area contributed by atoms with Gasteiger partial charge < -0.3 is 10.2 Å². The van der Waals surface area contributed by atoms with Crippen LogP contribution in [0.15, 0.2) is 41.6 Å². The number of para-hydroxylation sites is 1. The van der Waals surface area contributed by atoms with Crippen LogP contribution in [0, 0.1) is 5.92 Å². The van der Waals surface area contributed by atoms with Crippen LogP contribution in [0.3, 0.4) is 0 Å². The first kappa shape index (κ1) is 15.7. The van der Waals surface area contributed by atoms with Gasteiger partial charge in [0.2, 0.25) is 0 Å². The number of allylic oxidation sites excluding steroid dienone is 1. The van der Waals surface area contributed by atoms with Gasteiger partial charge in [0.05, 0.1) is 5.66 Å². The molecule has 4 rings (SSSR count). The molecule has 24 heavy (non-hydrogen) atoms. The van der Waals surface area contributed by atoms with Crippen molar-refractivity contribution in [2.45, 2.75) is 51.1 Å². The molecule has 4 nitrogen and oxygen atoms in total. The number of nitrogens with zero attached hydrogens (tertiary/aromatic N) is 1. The van der Waals surface area contributed by atoms with E-state index in [9.17, 15) is 4.79 Å². The third kappa shape index (κ3) is 2.53. The van der Waals surface area contributed by atoms with Crippen LogP contribution >= 0.6 is 0 Å². The number of amides is 1. The monoisotopic (exact) mass is 325 g/mol. The number of rotatable bonds is 3. The van der Waals surface area contributed by atoms with Crippen LogP contribution in [0.2, 0.25) is 0 Å². The Morgan fingerprint density at radius 3 is 2.96 bits per heavy atom. The highest BCUT2D eigenvalue weighted by molar-refractivity contribution is 6.04.